The number of hydrogen-bond donors (Lipinski definition) is 3. The lowest BCUT2D eigenvalue weighted by Gasteiger charge is -2.05. The highest BCUT2D eigenvalue weighted by Crippen LogP contribution is 2.22. The maximum absolute atomic E-state index is 12.0. The summed E-state index contributed by atoms with van der Waals surface area (Å²) in [5, 5.41) is 8.42. The first-order valence-electron chi connectivity index (χ1n) is 7.01. The van der Waals surface area contributed by atoms with Crippen LogP contribution in [0.1, 0.15) is 20.9 Å². The third-order valence-electron chi connectivity index (χ3n) is 2.91. The number of amides is 3. The van der Waals surface area contributed by atoms with Crippen molar-refractivity contribution >= 4 is 34.1 Å². The number of anilines is 2. The van der Waals surface area contributed by atoms with E-state index in [1.165, 1.54) is 0 Å². The van der Waals surface area contributed by atoms with Crippen molar-refractivity contribution in [2.45, 2.75) is 13.8 Å². The lowest BCUT2D eigenvalue weighted by molar-refractivity contribution is 0.0961. The first-order chi connectivity index (χ1) is 11.0. The predicted octanol–water partition coefficient (Wildman–Crippen LogP) is 3.32. The lowest BCUT2D eigenvalue weighted by atomic mass is 10.2. The van der Waals surface area contributed by atoms with Crippen LogP contribution in [-0.2, 0) is 0 Å². The SMILES string of the molecule is C=CCNC(=O)c1sc(NC(=O)Nc2cccc(C)c2)nc1C. The number of benzene rings is 1. The van der Waals surface area contributed by atoms with E-state index in [0.29, 0.717) is 27.9 Å². The van der Waals surface area contributed by atoms with Crippen LogP contribution in [0.5, 0.6) is 0 Å². The summed E-state index contributed by atoms with van der Waals surface area (Å²) in [4.78, 5) is 28.6. The van der Waals surface area contributed by atoms with Gasteiger partial charge in [0.2, 0.25) is 0 Å². The summed E-state index contributed by atoms with van der Waals surface area (Å²) in [6.45, 7) is 7.60. The fourth-order valence-electron chi connectivity index (χ4n) is 1.89. The molecule has 0 saturated carbocycles. The topological polar surface area (TPSA) is 83.1 Å². The van der Waals surface area contributed by atoms with E-state index in [-0.39, 0.29) is 5.91 Å². The third-order valence-corrected chi connectivity index (χ3v) is 3.98. The van der Waals surface area contributed by atoms with Crippen LogP contribution < -0.4 is 16.0 Å². The van der Waals surface area contributed by atoms with Crippen LogP contribution in [0.3, 0.4) is 0 Å². The minimum Gasteiger partial charge on any atom is -0.348 e. The van der Waals surface area contributed by atoms with Gasteiger partial charge in [-0.15, -0.1) is 6.58 Å². The number of nitrogens with zero attached hydrogens (tertiary/aromatic N) is 1. The molecule has 0 radical (unpaired) electrons. The van der Waals surface area contributed by atoms with Crippen LogP contribution in [0, 0.1) is 13.8 Å². The van der Waals surface area contributed by atoms with E-state index in [1.54, 1.807) is 19.1 Å². The van der Waals surface area contributed by atoms with Gasteiger partial charge in [0.05, 0.1) is 5.69 Å². The van der Waals surface area contributed by atoms with Gasteiger partial charge in [-0.05, 0) is 31.5 Å². The molecule has 0 atom stereocenters. The fourth-order valence-corrected chi connectivity index (χ4v) is 2.77. The largest absolute Gasteiger partial charge is 0.348 e. The number of urea groups is 1. The van der Waals surface area contributed by atoms with Crippen molar-refractivity contribution in [3.63, 3.8) is 0 Å². The molecule has 120 valence electrons. The van der Waals surface area contributed by atoms with Crippen molar-refractivity contribution < 1.29 is 9.59 Å². The van der Waals surface area contributed by atoms with Crippen LogP contribution in [0.15, 0.2) is 36.9 Å². The second kappa shape index (κ2) is 7.55. The first-order valence-corrected chi connectivity index (χ1v) is 7.82. The molecule has 3 amide bonds. The molecule has 23 heavy (non-hydrogen) atoms. The molecule has 1 aromatic heterocycles. The molecule has 2 aromatic rings. The standard InChI is InChI=1S/C16H18N4O2S/c1-4-8-17-14(21)13-11(3)18-16(23-13)20-15(22)19-12-7-5-6-10(2)9-12/h4-7,9H,1,8H2,2-3H3,(H,17,21)(H2,18,19,20,22). The van der Waals surface area contributed by atoms with Crippen molar-refractivity contribution in [2.75, 3.05) is 17.2 Å². The van der Waals surface area contributed by atoms with E-state index in [4.69, 9.17) is 0 Å². The van der Waals surface area contributed by atoms with Crippen LogP contribution in [0.2, 0.25) is 0 Å². The Balaban J connectivity index is 2.01. The van der Waals surface area contributed by atoms with Crippen LogP contribution in [0.25, 0.3) is 0 Å². The van der Waals surface area contributed by atoms with Gasteiger partial charge in [-0.3, -0.25) is 10.1 Å². The van der Waals surface area contributed by atoms with E-state index in [0.717, 1.165) is 16.9 Å². The van der Waals surface area contributed by atoms with E-state index in [9.17, 15) is 9.59 Å². The minimum absolute atomic E-state index is 0.230. The Morgan fingerprint density at radius 2 is 2.09 bits per heavy atom. The van der Waals surface area contributed by atoms with Gasteiger partial charge in [-0.25, -0.2) is 9.78 Å². The molecule has 0 aliphatic heterocycles. The third kappa shape index (κ3) is 4.65. The molecule has 0 saturated heterocycles. The zero-order chi connectivity index (χ0) is 16.8. The molecular formula is C16H18N4O2S. The van der Waals surface area contributed by atoms with Gasteiger partial charge >= 0.3 is 6.03 Å². The molecule has 7 heteroatoms. The number of aryl methyl sites for hydroxylation is 2. The molecule has 0 bridgehead atoms. The second-order valence-electron chi connectivity index (χ2n) is 4.88. The number of thiazole rings is 1. The molecule has 3 N–H and O–H groups in total. The van der Waals surface area contributed by atoms with Crippen LogP contribution in [0.4, 0.5) is 15.6 Å². The molecule has 1 aromatic carbocycles. The van der Waals surface area contributed by atoms with Crippen molar-refractivity contribution in [1.29, 1.82) is 0 Å². The number of rotatable bonds is 5. The summed E-state index contributed by atoms with van der Waals surface area (Å²) in [5.41, 5.74) is 2.32. The highest BCUT2D eigenvalue weighted by molar-refractivity contribution is 7.17. The smallest absolute Gasteiger partial charge is 0.325 e. The number of carbonyl (C=O) groups excluding carboxylic acids is 2. The Morgan fingerprint density at radius 1 is 1.30 bits per heavy atom. The Labute approximate surface area is 138 Å². The summed E-state index contributed by atoms with van der Waals surface area (Å²) in [7, 11) is 0. The zero-order valence-corrected chi connectivity index (χ0v) is 13.8. The van der Waals surface area contributed by atoms with Gasteiger partial charge in [-0.2, -0.15) is 0 Å². The number of hydrogen-bond acceptors (Lipinski definition) is 4. The fraction of sp³-hybridized carbons (Fsp3) is 0.188. The molecule has 1 heterocycles. The van der Waals surface area contributed by atoms with Gasteiger partial charge in [-0.1, -0.05) is 29.5 Å². The summed E-state index contributed by atoms with van der Waals surface area (Å²) in [6, 6.07) is 7.07. The maximum Gasteiger partial charge on any atom is 0.325 e. The first kappa shape index (κ1) is 16.7. The highest BCUT2D eigenvalue weighted by atomic mass is 32.1. The van der Waals surface area contributed by atoms with E-state index in [1.807, 2.05) is 25.1 Å². The summed E-state index contributed by atoms with van der Waals surface area (Å²) < 4.78 is 0. The summed E-state index contributed by atoms with van der Waals surface area (Å²) in [5.74, 6) is -0.230. The Bertz CT molecular complexity index is 739. The van der Waals surface area contributed by atoms with Crippen LogP contribution >= 0.6 is 11.3 Å². The second-order valence-corrected chi connectivity index (χ2v) is 5.88. The number of carbonyl (C=O) groups is 2. The Kier molecular flexibility index (Phi) is 5.48. The summed E-state index contributed by atoms with van der Waals surface area (Å²) >= 11 is 1.13. The molecule has 6 nitrogen and oxygen atoms in total. The normalized spacial score (nSPS) is 10.0. The van der Waals surface area contributed by atoms with Crippen molar-refractivity contribution in [2.24, 2.45) is 0 Å². The van der Waals surface area contributed by atoms with Gasteiger partial charge in [0.1, 0.15) is 4.88 Å². The predicted molar refractivity (Wildman–Crippen MR) is 93.2 cm³/mol. The monoisotopic (exact) mass is 330 g/mol. The average molecular weight is 330 g/mol. The zero-order valence-electron chi connectivity index (χ0n) is 13.0. The van der Waals surface area contributed by atoms with E-state index in [2.05, 4.69) is 27.5 Å². The summed E-state index contributed by atoms with van der Waals surface area (Å²) in [6.07, 6.45) is 1.60. The Morgan fingerprint density at radius 3 is 2.78 bits per heavy atom. The minimum atomic E-state index is -0.401. The molecule has 0 aliphatic carbocycles. The Hall–Kier alpha value is -2.67. The van der Waals surface area contributed by atoms with Gasteiger partial charge < -0.3 is 10.6 Å². The molecule has 0 aliphatic rings. The van der Waals surface area contributed by atoms with E-state index < -0.39 is 6.03 Å². The molecule has 0 unspecified atom stereocenters. The average Bonchev–Trinajstić information content (AvgIpc) is 2.85. The number of nitrogens with one attached hydrogen (secondary N) is 3. The van der Waals surface area contributed by atoms with Gasteiger partial charge in [0.25, 0.3) is 5.91 Å². The maximum atomic E-state index is 12.0. The van der Waals surface area contributed by atoms with Gasteiger partial charge in [0.15, 0.2) is 5.13 Å². The van der Waals surface area contributed by atoms with Crippen molar-refractivity contribution in [3.8, 4) is 0 Å². The van der Waals surface area contributed by atoms with E-state index >= 15 is 0 Å². The quantitative estimate of drug-likeness (QED) is 0.735. The van der Waals surface area contributed by atoms with Crippen molar-refractivity contribution in [1.82, 2.24) is 10.3 Å². The van der Waals surface area contributed by atoms with Crippen LogP contribution in [-0.4, -0.2) is 23.5 Å². The molecule has 2 rings (SSSR count). The molecule has 0 spiro atoms. The highest BCUT2D eigenvalue weighted by Gasteiger charge is 2.16. The van der Waals surface area contributed by atoms with Crippen molar-refractivity contribution in [3.05, 3.63) is 53.1 Å². The molecular weight excluding hydrogens is 312 g/mol. The lowest BCUT2D eigenvalue weighted by Crippen LogP contribution is -2.22. The number of aromatic nitrogens is 1. The van der Waals surface area contributed by atoms with Gasteiger partial charge in [0, 0.05) is 12.2 Å². The molecule has 0 fully saturated rings.